The summed E-state index contributed by atoms with van der Waals surface area (Å²) in [6, 6.07) is 1.56. The monoisotopic (exact) mass is 250 g/mol. The number of halogens is 3. The molecule has 0 saturated heterocycles. The number of aromatic nitrogens is 1. The number of hydrogen-bond donors (Lipinski definition) is 1. The number of hydrogen-bond acceptors (Lipinski definition) is 3. The topological polar surface area (TPSA) is 52.0 Å². The second kappa shape index (κ2) is 4.68. The van der Waals surface area contributed by atoms with Crippen LogP contribution in [0.1, 0.15) is 32.2 Å². The molecule has 2 N–H and O–H groups in total. The molecule has 0 aromatic carbocycles. The highest BCUT2D eigenvalue weighted by atomic mass is 19.4. The lowest BCUT2D eigenvalue weighted by Crippen LogP contribution is -2.32. The first-order valence-corrected chi connectivity index (χ1v) is 5.37. The Hall–Kier alpha value is -1.04. The van der Waals surface area contributed by atoms with Crippen molar-refractivity contribution >= 4 is 0 Å². The van der Waals surface area contributed by atoms with E-state index in [1.807, 2.05) is 20.8 Å². The Morgan fingerprint density at radius 1 is 1.35 bits per heavy atom. The first-order valence-electron chi connectivity index (χ1n) is 5.37. The van der Waals surface area contributed by atoms with E-state index in [1.165, 1.54) is 0 Å². The van der Waals surface area contributed by atoms with Crippen molar-refractivity contribution in [1.29, 1.82) is 0 Å². The molecule has 0 fully saturated rings. The minimum Gasteiger partial charge on any atom is -0.361 e. The lowest BCUT2D eigenvalue weighted by molar-refractivity contribution is -0.171. The van der Waals surface area contributed by atoms with Crippen LogP contribution < -0.4 is 5.73 Å². The van der Waals surface area contributed by atoms with Crippen molar-refractivity contribution in [2.24, 2.45) is 11.7 Å². The van der Waals surface area contributed by atoms with Crippen LogP contribution in [0.5, 0.6) is 0 Å². The molecule has 1 atom stereocenters. The van der Waals surface area contributed by atoms with E-state index in [0.29, 0.717) is 11.5 Å². The molecule has 3 nitrogen and oxygen atoms in total. The molecular weight excluding hydrogens is 233 g/mol. The van der Waals surface area contributed by atoms with Crippen molar-refractivity contribution in [2.45, 2.75) is 38.8 Å². The normalized spacial score (nSPS) is 15.0. The molecule has 0 aliphatic heterocycles. The predicted molar refractivity (Wildman–Crippen MR) is 57.5 cm³/mol. The van der Waals surface area contributed by atoms with E-state index >= 15 is 0 Å². The zero-order valence-corrected chi connectivity index (χ0v) is 10.1. The second-order valence-corrected chi connectivity index (χ2v) is 5.11. The highest BCUT2D eigenvalue weighted by Crippen LogP contribution is 2.29. The van der Waals surface area contributed by atoms with Gasteiger partial charge in [0, 0.05) is 24.4 Å². The lowest BCUT2D eigenvalue weighted by Gasteiger charge is -2.16. The summed E-state index contributed by atoms with van der Waals surface area (Å²) < 4.78 is 42.6. The molecule has 98 valence electrons. The van der Waals surface area contributed by atoms with Crippen LogP contribution in [0.3, 0.4) is 0 Å². The Morgan fingerprint density at radius 2 is 1.94 bits per heavy atom. The Labute approximate surface area is 98.2 Å². The van der Waals surface area contributed by atoms with Crippen LogP contribution in [0.25, 0.3) is 0 Å². The van der Waals surface area contributed by atoms with Crippen LogP contribution in [0.2, 0.25) is 0 Å². The predicted octanol–water partition coefficient (Wildman–Crippen LogP) is 2.65. The number of rotatable bonds is 3. The van der Waals surface area contributed by atoms with Crippen LogP contribution in [0.4, 0.5) is 13.2 Å². The lowest BCUT2D eigenvalue weighted by atomic mass is 9.92. The van der Waals surface area contributed by atoms with Gasteiger partial charge in [0.05, 0.1) is 11.6 Å². The van der Waals surface area contributed by atoms with E-state index in [9.17, 15) is 13.2 Å². The zero-order valence-electron chi connectivity index (χ0n) is 10.1. The van der Waals surface area contributed by atoms with Gasteiger partial charge in [-0.25, -0.2) is 0 Å². The van der Waals surface area contributed by atoms with Crippen molar-refractivity contribution in [3.05, 3.63) is 17.5 Å². The molecule has 0 aliphatic rings. The maximum atomic E-state index is 12.5. The number of nitrogens with zero attached hydrogens (tertiary/aromatic N) is 1. The highest BCUT2D eigenvalue weighted by molar-refractivity contribution is 5.13. The summed E-state index contributed by atoms with van der Waals surface area (Å²) in [7, 11) is 0. The Balaban J connectivity index is 2.79. The van der Waals surface area contributed by atoms with E-state index in [2.05, 4.69) is 5.16 Å². The van der Waals surface area contributed by atoms with E-state index in [4.69, 9.17) is 10.3 Å². The maximum Gasteiger partial charge on any atom is 0.393 e. The molecule has 1 aromatic heterocycles. The standard InChI is InChI=1S/C11H17F3N2O/c1-10(2,3)9-5-8(16-17-9)4-7(6-15)11(12,13)14/h5,7H,4,6,15H2,1-3H3. The SMILES string of the molecule is CC(C)(C)c1cc(CC(CN)C(F)(F)F)no1. The Kier molecular flexibility index (Phi) is 3.86. The smallest absolute Gasteiger partial charge is 0.361 e. The van der Waals surface area contributed by atoms with E-state index in [0.717, 1.165) is 0 Å². The quantitative estimate of drug-likeness (QED) is 0.897. The minimum atomic E-state index is -4.30. The summed E-state index contributed by atoms with van der Waals surface area (Å²) in [5, 5.41) is 3.65. The minimum absolute atomic E-state index is 0.237. The Bertz CT molecular complexity index is 366. The molecular formula is C11H17F3N2O. The molecule has 17 heavy (non-hydrogen) atoms. The van der Waals surface area contributed by atoms with Crippen LogP contribution in [0, 0.1) is 5.92 Å². The molecule has 0 aliphatic carbocycles. The van der Waals surface area contributed by atoms with Gasteiger partial charge in [-0.05, 0) is 0 Å². The summed E-state index contributed by atoms with van der Waals surface area (Å²) in [4.78, 5) is 0. The maximum absolute atomic E-state index is 12.5. The first kappa shape index (κ1) is 14.0. The third kappa shape index (κ3) is 3.73. The van der Waals surface area contributed by atoms with Gasteiger partial charge in [0.25, 0.3) is 0 Å². The fourth-order valence-electron chi connectivity index (χ4n) is 1.35. The fraction of sp³-hybridized carbons (Fsp3) is 0.727. The van der Waals surface area contributed by atoms with Gasteiger partial charge < -0.3 is 10.3 Å². The molecule has 0 radical (unpaired) electrons. The van der Waals surface area contributed by atoms with E-state index in [-0.39, 0.29) is 11.8 Å². The van der Waals surface area contributed by atoms with Gasteiger partial charge in [-0.3, -0.25) is 0 Å². The molecule has 0 saturated carbocycles. The highest BCUT2D eigenvalue weighted by Gasteiger charge is 2.39. The molecule has 1 unspecified atom stereocenters. The fourth-order valence-corrected chi connectivity index (χ4v) is 1.35. The van der Waals surface area contributed by atoms with E-state index in [1.54, 1.807) is 6.07 Å². The first-order chi connectivity index (χ1) is 7.64. The van der Waals surface area contributed by atoms with Crippen molar-refractivity contribution < 1.29 is 17.7 Å². The van der Waals surface area contributed by atoms with Gasteiger partial charge in [0.2, 0.25) is 0 Å². The van der Waals surface area contributed by atoms with Gasteiger partial charge in [0.15, 0.2) is 0 Å². The molecule has 1 rings (SSSR count). The van der Waals surface area contributed by atoms with Crippen LogP contribution in [-0.2, 0) is 11.8 Å². The summed E-state index contributed by atoms with van der Waals surface area (Å²) in [5.74, 6) is -0.995. The largest absolute Gasteiger partial charge is 0.393 e. The third-order valence-electron chi connectivity index (χ3n) is 2.50. The number of nitrogens with two attached hydrogens (primary N) is 1. The molecule has 0 spiro atoms. The van der Waals surface area contributed by atoms with Crippen LogP contribution in [0.15, 0.2) is 10.6 Å². The summed E-state index contributed by atoms with van der Waals surface area (Å²) in [5.41, 5.74) is 5.15. The molecule has 1 aromatic rings. The average molecular weight is 250 g/mol. The van der Waals surface area contributed by atoms with Crippen LogP contribution >= 0.6 is 0 Å². The molecule has 1 heterocycles. The van der Waals surface area contributed by atoms with Gasteiger partial charge in [0.1, 0.15) is 5.76 Å². The van der Waals surface area contributed by atoms with Crippen molar-refractivity contribution in [3.8, 4) is 0 Å². The van der Waals surface area contributed by atoms with Gasteiger partial charge in [-0.1, -0.05) is 25.9 Å². The van der Waals surface area contributed by atoms with E-state index < -0.39 is 18.6 Å². The zero-order chi connectivity index (χ0) is 13.3. The van der Waals surface area contributed by atoms with Crippen molar-refractivity contribution in [1.82, 2.24) is 5.16 Å². The molecule has 0 amide bonds. The summed E-state index contributed by atoms with van der Waals surface area (Å²) in [6.45, 7) is 5.27. The third-order valence-corrected chi connectivity index (χ3v) is 2.50. The average Bonchev–Trinajstić information content (AvgIpc) is 2.59. The summed E-state index contributed by atoms with van der Waals surface area (Å²) >= 11 is 0. The van der Waals surface area contributed by atoms with Crippen molar-refractivity contribution in [3.63, 3.8) is 0 Å². The van der Waals surface area contributed by atoms with Gasteiger partial charge >= 0.3 is 6.18 Å². The number of alkyl halides is 3. The van der Waals surface area contributed by atoms with Crippen molar-refractivity contribution in [2.75, 3.05) is 6.54 Å². The molecule has 6 heteroatoms. The van der Waals surface area contributed by atoms with Crippen LogP contribution in [-0.4, -0.2) is 17.9 Å². The van der Waals surface area contributed by atoms with Gasteiger partial charge in [-0.2, -0.15) is 13.2 Å². The molecule has 0 bridgehead atoms. The van der Waals surface area contributed by atoms with Gasteiger partial charge in [-0.15, -0.1) is 0 Å². The Morgan fingerprint density at radius 3 is 2.29 bits per heavy atom. The summed E-state index contributed by atoms with van der Waals surface area (Å²) in [6.07, 6.45) is -4.53. The second-order valence-electron chi connectivity index (χ2n) is 5.11.